The second kappa shape index (κ2) is 8.41. The van der Waals surface area contributed by atoms with Crippen LogP contribution in [0.2, 0.25) is 0 Å². The van der Waals surface area contributed by atoms with E-state index in [1.807, 2.05) is 47.6 Å². The lowest BCUT2D eigenvalue weighted by molar-refractivity contribution is 0.0628. The molecule has 0 bridgehead atoms. The van der Waals surface area contributed by atoms with Gasteiger partial charge in [0, 0.05) is 43.2 Å². The third kappa shape index (κ3) is 4.55. The first-order chi connectivity index (χ1) is 12.2. The van der Waals surface area contributed by atoms with Crippen LogP contribution in [0.1, 0.15) is 15.9 Å². The van der Waals surface area contributed by atoms with Crippen molar-refractivity contribution in [1.29, 1.82) is 0 Å². The van der Waals surface area contributed by atoms with Gasteiger partial charge in [0.15, 0.2) is 0 Å². The van der Waals surface area contributed by atoms with Gasteiger partial charge in [0.1, 0.15) is 5.75 Å². The van der Waals surface area contributed by atoms with Gasteiger partial charge in [-0.15, -0.1) is 11.8 Å². The molecule has 1 fully saturated rings. The average molecular weight is 356 g/mol. The number of hydrogen-bond donors (Lipinski definition) is 0. The number of benzene rings is 2. The van der Waals surface area contributed by atoms with Crippen LogP contribution in [0.15, 0.2) is 53.4 Å². The molecular weight excluding hydrogens is 332 g/mol. The highest BCUT2D eigenvalue weighted by molar-refractivity contribution is 7.98. The van der Waals surface area contributed by atoms with Gasteiger partial charge >= 0.3 is 0 Å². The Labute approximate surface area is 153 Å². The maximum atomic E-state index is 12.6. The summed E-state index contributed by atoms with van der Waals surface area (Å²) < 4.78 is 5.20. The lowest BCUT2D eigenvalue weighted by atomic mass is 10.1. The predicted octanol–water partition coefficient (Wildman–Crippen LogP) is 3.38. The molecule has 132 valence electrons. The van der Waals surface area contributed by atoms with E-state index in [9.17, 15) is 4.79 Å². The average Bonchev–Trinajstić information content (AvgIpc) is 2.69. The van der Waals surface area contributed by atoms with E-state index in [4.69, 9.17) is 4.74 Å². The normalized spacial score (nSPS) is 15.2. The van der Waals surface area contributed by atoms with E-state index in [2.05, 4.69) is 17.0 Å². The summed E-state index contributed by atoms with van der Waals surface area (Å²) in [4.78, 5) is 18.2. The minimum Gasteiger partial charge on any atom is -0.497 e. The molecule has 0 unspecified atom stereocenters. The molecule has 2 aromatic rings. The molecule has 0 atom stereocenters. The van der Waals surface area contributed by atoms with Crippen molar-refractivity contribution in [2.75, 3.05) is 39.5 Å². The van der Waals surface area contributed by atoms with E-state index in [0.29, 0.717) is 0 Å². The van der Waals surface area contributed by atoms with Gasteiger partial charge in [0.05, 0.1) is 7.11 Å². The Morgan fingerprint density at radius 2 is 1.64 bits per heavy atom. The lowest BCUT2D eigenvalue weighted by Crippen LogP contribution is -2.48. The molecule has 0 radical (unpaired) electrons. The Kier molecular flexibility index (Phi) is 6.00. The van der Waals surface area contributed by atoms with Gasteiger partial charge in [0.25, 0.3) is 5.91 Å². The van der Waals surface area contributed by atoms with Crippen LogP contribution < -0.4 is 4.74 Å². The first-order valence-electron chi connectivity index (χ1n) is 8.48. The molecule has 0 N–H and O–H groups in total. The van der Waals surface area contributed by atoms with E-state index < -0.39 is 0 Å². The number of nitrogens with zero attached hydrogens (tertiary/aromatic N) is 2. The monoisotopic (exact) mass is 356 g/mol. The molecule has 5 heteroatoms. The van der Waals surface area contributed by atoms with Gasteiger partial charge in [-0.25, -0.2) is 0 Å². The number of methoxy groups -OCH3 is 1. The van der Waals surface area contributed by atoms with Gasteiger partial charge in [-0.2, -0.15) is 0 Å². The molecule has 3 rings (SSSR count). The Bertz CT molecular complexity index is 693. The van der Waals surface area contributed by atoms with Crippen molar-refractivity contribution >= 4 is 17.7 Å². The number of carbonyl (C=O) groups is 1. The molecule has 1 heterocycles. The summed E-state index contributed by atoms with van der Waals surface area (Å²) in [6, 6.07) is 16.1. The molecule has 4 nitrogen and oxygen atoms in total. The third-order valence-electron chi connectivity index (χ3n) is 4.56. The largest absolute Gasteiger partial charge is 0.497 e. The van der Waals surface area contributed by atoms with Gasteiger partial charge in [-0.1, -0.05) is 12.1 Å². The minimum absolute atomic E-state index is 0.136. The summed E-state index contributed by atoms with van der Waals surface area (Å²) in [5.41, 5.74) is 2.05. The van der Waals surface area contributed by atoms with Crippen LogP contribution in [0, 0.1) is 0 Å². The number of ether oxygens (including phenoxy) is 1. The Morgan fingerprint density at radius 3 is 2.20 bits per heavy atom. The Morgan fingerprint density at radius 1 is 1.00 bits per heavy atom. The Balaban J connectivity index is 1.52. The number of amides is 1. The summed E-state index contributed by atoms with van der Waals surface area (Å²) in [7, 11) is 1.68. The fraction of sp³-hybridized carbons (Fsp3) is 0.350. The van der Waals surface area contributed by atoms with Gasteiger partial charge in [0.2, 0.25) is 0 Å². The van der Waals surface area contributed by atoms with Crippen molar-refractivity contribution < 1.29 is 9.53 Å². The standard InChI is InChI=1S/C20H24N2O2S/c1-24-18-7-3-16(4-8-18)15-21-11-13-22(14-12-21)20(23)17-5-9-19(25-2)10-6-17/h3-10H,11-15H2,1-2H3. The molecule has 0 aliphatic carbocycles. The fourth-order valence-electron chi connectivity index (χ4n) is 3.01. The molecule has 1 aliphatic rings. The van der Waals surface area contributed by atoms with Crippen LogP contribution >= 0.6 is 11.8 Å². The van der Waals surface area contributed by atoms with Crippen LogP contribution in [-0.2, 0) is 6.54 Å². The van der Waals surface area contributed by atoms with Crippen molar-refractivity contribution in [2.24, 2.45) is 0 Å². The summed E-state index contributed by atoms with van der Waals surface area (Å²) in [6.45, 7) is 4.27. The number of rotatable bonds is 5. The zero-order valence-corrected chi connectivity index (χ0v) is 15.6. The van der Waals surface area contributed by atoms with Crippen LogP contribution in [0.4, 0.5) is 0 Å². The Hall–Kier alpha value is -1.98. The van der Waals surface area contributed by atoms with Crippen LogP contribution in [0.5, 0.6) is 5.75 Å². The first-order valence-corrected chi connectivity index (χ1v) is 9.70. The smallest absolute Gasteiger partial charge is 0.253 e. The summed E-state index contributed by atoms with van der Waals surface area (Å²) in [5, 5.41) is 0. The van der Waals surface area contributed by atoms with Crippen LogP contribution in [-0.4, -0.2) is 55.3 Å². The molecule has 1 amide bonds. The maximum absolute atomic E-state index is 12.6. The molecule has 25 heavy (non-hydrogen) atoms. The second-order valence-corrected chi connectivity index (χ2v) is 7.02. The molecule has 0 saturated carbocycles. The van der Waals surface area contributed by atoms with E-state index >= 15 is 0 Å². The van der Waals surface area contributed by atoms with E-state index in [-0.39, 0.29) is 5.91 Å². The highest BCUT2D eigenvalue weighted by atomic mass is 32.2. The minimum atomic E-state index is 0.136. The lowest BCUT2D eigenvalue weighted by Gasteiger charge is -2.34. The SMILES string of the molecule is COc1ccc(CN2CCN(C(=O)c3ccc(SC)cc3)CC2)cc1. The van der Waals surface area contributed by atoms with E-state index in [1.54, 1.807) is 18.9 Å². The molecular formula is C20H24N2O2S. The third-order valence-corrected chi connectivity index (χ3v) is 5.31. The predicted molar refractivity (Wildman–Crippen MR) is 102 cm³/mol. The summed E-state index contributed by atoms with van der Waals surface area (Å²) in [6.07, 6.45) is 2.04. The first kappa shape index (κ1) is 17.8. The van der Waals surface area contributed by atoms with Gasteiger partial charge < -0.3 is 9.64 Å². The zero-order valence-electron chi connectivity index (χ0n) is 14.8. The molecule has 2 aromatic carbocycles. The summed E-state index contributed by atoms with van der Waals surface area (Å²) >= 11 is 1.69. The van der Waals surface area contributed by atoms with Crippen molar-refractivity contribution in [1.82, 2.24) is 9.80 Å². The number of piperazine rings is 1. The highest BCUT2D eigenvalue weighted by Crippen LogP contribution is 2.17. The van der Waals surface area contributed by atoms with E-state index in [0.717, 1.165) is 44.0 Å². The van der Waals surface area contributed by atoms with Crippen LogP contribution in [0.25, 0.3) is 0 Å². The van der Waals surface area contributed by atoms with Crippen molar-refractivity contribution in [3.63, 3.8) is 0 Å². The molecule has 1 aliphatic heterocycles. The number of carbonyl (C=O) groups excluding carboxylic acids is 1. The fourth-order valence-corrected chi connectivity index (χ4v) is 3.42. The van der Waals surface area contributed by atoms with Crippen LogP contribution in [0.3, 0.4) is 0 Å². The molecule has 0 aromatic heterocycles. The summed E-state index contributed by atoms with van der Waals surface area (Å²) in [5.74, 6) is 1.02. The van der Waals surface area contributed by atoms with E-state index in [1.165, 1.54) is 10.5 Å². The molecule has 1 saturated heterocycles. The quantitative estimate of drug-likeness (QED) is 0.769. The molecule has 0 spiro atoms. The van der Waals surface area contributed by atoms with Gasteiger partial charge in [-0.05, 0) is 48.2 Å². The van der Waals surface area contributed by atoms with Crippen molar-refractivity contribution in [3.05, 3.63) is 59.7 Å². The number of hydrogen-bond acceptors (Lipinski definition) is 4. The van der Waals surface area contributed by atoms with Gasteiger partial charge in [-0.3, -0.25) is 9.69 Å². The van der Waals surface area contributed by atoms with Crippen molar-refractivity contribution in [3.8, 4) is 5.75 Å². The number of thioether (sulfide) groups is 1. The maximum Gasteiger partial charge on any atom is 0.253 e. The topological polar surface area (TPSA) is 32.8 Å². The second-order valence-electron chi connectivity index (χ2n) is 6.14. The van der Waals surface area contributed by atoms with Crippen molar-refractivity contribution in [2.45, 2.75) is 11.4 Å². The highest BCUT2D eigenvalue weighted by Gasteiger charge is 2.22. The zero-order chi connectivity index (χ0) is 17.6.